The molecule has 5 heteroatoms. The second-order valence-corrected chi connectivity index (χ2v) is 5.38. The summed E-state index contributed by atoms with van der Waals surface area (Å²) in [5, 5.41) is 9.88. The SMILES string of the molecule is CC(=O)N(Nc1ccccc1)c1ccc(N=Nc2ccccc2)cc1. The number of para-hydroxylation sites is 1. The number of anilines is 2. The van der Waals surface area contributed by atoms with Crippen molar-refractivity contribution in [2.75, 3.05) is 10.4 Å². The first-order valence-corrected chi connectivity index (χ1v) is 7.91. The lowest BCUT2D eigenvalue weighted by atomic mass is 10.2. The van der Waals surface area contributed by atoms with Gasteiger partial charge in [0.15, 0.2) is 0 Å². The molecular weight excluding hydrogens is 312 g/mol. The number of hydrogen-bond acceptors (Lipinski definition) is 4. The highest BCUT2D eigenvalue weighted by Gasteiger charge is 2.11. The largest absolute Gasteiger partial charge is 0.291 e. The molecule has 1 amide bonds. The van der Waals surface area contributed by atoms with Gasteiger partial charge < -0.3 is 0 Å². The van der Waals surface area contributed by atoms with Crippen molar-refractivity contribution in [1.82, 2.24) is 0 Å². The molecule has 3 rings (SSSR count). The maximum atomic E-state index is 12.0. The van der Waals surface area contributed by atoms with Crippen LogP contribution >= 0.6 is 0 Å². The average molecular weight is 330 g/mol. The van der Waals surface area contributed by atoms with Gasteiger partial charge in [-0.05, 0) is 48.5 Å². The van der Waals surface area contributed by atoms with E-state index in [1.165, 1.54) is 11.9 Å². The zero-order valence-electron chi connectivity index (χ0n) is 13.8. The lowest BCUT2D eigenvalue weighted by Gasteiger charge is -2.23. The van der Waals surface area contributed by atoms with Crippen LogP contribution in [0.3, 0.4) is 0 Å². The Balaban J connectivity index is 1.75. The fourth-order valence-corrected chi connectivity index (χ4v) is 2.25. The minimum absolute atomic E-state index is 0.109. The maximum Gasteiger partial charge on any atom is 0.242 e. The number of carbonyl (C=O) groups is 1. The lowest BCUT2D eigenvalue weighted by molar-refractivity contribution is -0.116. The summed E-state index contributed by atoms with van der Waals surface area (Å²) in [6.45, 7) is 1.51. The van der Waals surface area contributed by atoms with E-state index in [2.05, 4.69) is 15.7 Å². The van der Waals surface area contributed by atoms with Crippen LogP contribution in [-0.2, 0) is 4.79 Å². The Labute approximate surface area is 146 Å². The molecule has 0 fully saturated rings. The van der Waals surface area contributed by atoms with Crippen LogP contribution in [-0.4, -0.2) is 5.91 Å². The minimum Gasteiger partial charge on any atom is -0.291 e. The van der Waals surface area contributed by atoms with Crippen molar-refractivity contribution in [1.29, 1.82) is 0 Å². The van der Waals surface area contributed by atoms with Crippen LogP contribution in [0.5, 0.6) is 0 Å². The average Bonchev–Trinajstić information content (AvgIpc) is 2.66. The molecule has 0 saturated heterocycles. The molecule has 0 bridgehead atoms. The number of hydrazine groups is 1. The van der Waals surface area contributed by atoms with Crippen molar-refractivity contribution in [3.8, 4) is 0 Å². The molecule has 0 aliphatic carbocycles. The third kappa shape index (κ3) is 4.51. The third-order valence-corrected chi connectivity index (χ3v) is 3.47. The Bertz CT molecular complexity index is 846. The van der Waals surface area contributed by atoms with E-state index in [4.69, 9.17) is 0 Å². The van der Waals surface area contributed by atoms with Gasteiger partial charge >= 0.3 is 0 Å². The summed E-state index contributed by atoms with van der Waals surface area (Å²) in [4.78, 5) is 12.0. The van der Waals surface area contributed by atoms with E-state index in [0.29, 0.717) is 0 Å². The second-order valence-electron chi connectivity index (χ2n) is 5.38. The van der Waals surface area contributed by atoms with Gasteiger partial charge in [0.2, 0.25) is 5.91 Å². The van der Waals surface area contributed by atoms with Crippen molar-refractivity contribution >= 4 is 28.7 Å². The van der Waals surface area contributed by atoms with Gasteiger partial charge in [-0.1, -0.05) is 36.4 Å². The van der Waals surface area contributed by atoms with Gasteiger partial charge in [0.05, 0.1) is 22.7 Å². The summed E-state index contributed by atoms with van der Waals surface area (Å²) >= 11 is 0. The van der Waals surface area contributed by atoms with E-state index in [9.17, 15) is 4.79 Å². The number of nitrogens with zero attached hydrogens (tertiary/aromatic N) is 3. The van der Waals surface area contributed by atoms with Gasteiger partial charge in [-0.2, -0.15) is 10.2 Å². The van der Waals surface area contributed by atoms with Crippen molar-refractivity contribution in [3.63, 3.8) is 0 Å². The van der Waals surface area contributed by atoms with Gasteiger partial charge in [0.1, 0.15) is 0 Å². The Kier molecular flexibility index (Phi) is 5.16. The van der Waals surface area contributed by atoms with Crippen molar-refractivity contribution in [3.05, 3.63) is 84.9 Å². The lowest BCUT2D eigenvalue weighted by Crippen LogP contribution is -2.34. The molecule has 3 aromatic rings. The molecule has 25 heavy (non-hydrogen) atoms. The van der Waals surface area contributed by atoms with Crippen LogP contribution in [0.1, 0.15) is 6.92 Å². The zero-order chi connectivity index (χ0) is 17.5. The molecular formula is C20H18N4O. The van der Waals surface area contributed by atoms with Crippen LogP contribution < -0.4 is 10.4 Å². The standard InChI is InChI=1S/C20H18N4O/c1-16(25)24(23-19-10-6-3-7-11-19)20-14-12-18(13-15-20)22-21-17-8-4-2-5-9-17/h2-15,23H,1H3. The number of hydrogen-bond donors (Lipinski definition) is 1. The van der Waals surface area contributed by atoms with Crippen LogP contribution in [0.4, 0.5) is 22.7 Å². The number of nitrogens with one attached hydrogen (secondary N) is 1. The molecule has 5 nitrogen and oxygen atoms in total. The topological polar surface area (TPSA) is 57.1 Å². The van der Waals surface area contributed by atoms with Crippen LogP contribution in [0.15, 0.2) is 95.2 Å². The molecule has 124 valence electrons. The van der Waals surface area contributed by atoms with Gasteiger partial charge in [0.25, 0.3) is 0 Å². The van der Waals surface area contributed by atoms with Gasteiger partial charge in [-0.25, -0.2) is 5.01 Å². The molecule has 0 unspecified atom stereocenters. The fraction of sp³-hybridized carbons (Fsp3) is 0.0500. The van der Waals surface area contributed by atoms with Crippen molar-refractivity contribution in [2.24, 2.45) is 10.2 Å². The zero-order valence-corrected chi connectivity index (χ0v) is 13.8. The molecule has 0 radical (unpaired) electrons. The van der Waals surface area contributed by atoms with E-state index in [1.54, 1.807) is 0 Å². The Morgan fingerprint density at radius 3 is 1.84 bits per heavy atom. The summed E-state index contributed by atoms with van der Waals surface area (Å²) in [5.41, 5.74) is 6.18. The van der Waals surface area contributed by atoms with Gasteiger partial charge in [-0.15, -0.1) is 0 Å². The summed E-state index contributed by atoms with van der Waals surface area (Å²) in [6.07, 6.45) is 0. The summed E-state index contributed by atoms with van der Waals surface area (Å²) in [7, 11) is 0. The van der Waals surface area contributed by atoms with Gasteiger partial charge in [0, 0.05) is 6.92 Å². The third-order valence-electron chi connectivity index (χ3n) is 3.47. The highest BCUT2D eigenvalue weighted by Crippen LogP contribution is 2.23. The predicted molar refractivity (Wildman–Crippen MR) is 100 cm³/mol. The molecule has 1 N–H and O–H groups in total. The van der Waals surface area contributed by atoms with Crippen LogP contribution in [0.25, 0.3) is 0 Å². The van der Waals surface area contributed by atoms with E-state index < -0.39 is 0 Å². The summed E-state index contributed by atoms with van der Waals surface area (Å²) < 4.78 is 0. The Hall–Kier alpha value is -3.47. The molecule has 0 saturated carbocycles. The minimum atomic E-state index is -0.109. The Morgan fingerprint density at radius 2 is 1.28 bits per heavy atom. The highest BCUT2D eigenvalue weighted by atomic mass is 16.2. The van der Waals surface area contributed by atoms with E-state index >= 15 is 0 Å². The molecule has 0 aliphatic heterocycles. The van der Waals surface area contributed by atoms with E-state index in [0.717, 1.165) is 22.7 Å². The first kappa shape index (κ1) is 16.4. The smallest absolute Gasteiger partial charge is 0.242 e. The van der Waals surface area contributed by atoms with E-state index in [-0.39, 0.29) is 5.91 Å². The number of rotatable bonds is 5. The summed E-state index contributed by atoms with van der Waals surface area (Å²) in [5.74, 6) is -0.109. The van der Waals surface area contributed by atoms with Crippen molar-refractivity contribution in [2.45, 2.75) is 6.92 Å². The molecule has 0 heterocycles. The number of benzene rings is 3. The maximum absolute atomic E-state index is 12.0. The second kappa shape index (κ2) is 7.88. The first-order chi connectivity index (χ1) is 12.2. The fourth-order valence-electron chi connectivity index (χ4n) is 2.25. The number of carbonyl (C=O) groups excluding carboxylic acids is 1. The first-order valence-electron chi connectivity index (χ1n) is 7.91. The van der Waals surface area contributed by atoms with Crippen molar-refractivity contribution < 1.29 is 4.79 Å². The predicted octanol–water partition coefficient (Wildman–Crippen LogP) is 5.48. The number of amides is 1. The molecule has 0 atom stereocenters. The van der Waals surface area contributed by atoms with E-state index in [1.807, 2.05) is 84.9 Å². The van der Waals surface area contributed by atoms with Gasteiger partial charge in [-0.3, -0.25) is 10.2 Å². The monoisotopic (exact) mass is 330 g/mol. The summed E-state index contributed by atoms with van der Waals surface area (Å²) in [6, 6.07) is 26.4. The molecule has 0 spiro atoms. The normalized spacial score (nSPS) is 10.6. The molecule has 3 aromatic carbocycles. The number of azo groups is 1. The molecule has 0 aromatic heterocycles. The van der Waals surface area contributed by atoms with Crippen LogP contribution in [0.2, 0.25) is 0 Å². The van der Waals surface area contributed by atoms with Crippen LogP contribution in [0, 0.1) is 0 Å². The highest BCUT2D eigenvalue weighted by molar-refractivity contribution is 5.93. The quantitative estimate of drug-likeness (QED) is 0.497. The molecule has 0 aliphatic rings. The Morgan fingerprint density at radius 1 is 0.760 bits per heavy atom.